The summed E-state index contributed by atoms with van der Waals surface area (Å²) in [6, 6.07) is 15.1. The van der Waals surface area contributed by atoms with Crippen LogP contribution in [0, 0.1) is 0 Å². The molecule has 2 aromatic rings. The normalized spacial score (nSPS) is 12.7. The molecule has 2 atom stereocenters. The highest BCUT2D eigenvalue weighted by atomic mass is 16.6. The van der Waals surface area contributed by atoms with Crippen LogP contribution >= 0.6 is 0 Å². The van der Waals surface area contributed by atoms with Crippen LogP contribution in [0.15, 0.2) is 73.8 Å². The fourth-order valence-corrected chi connectivity index (χ4v) is 3.06. The SMILES string of the molecule is C=CC(=O)OC[C@@H](O)COc1ccc(C(C)(C)c2ccc(OC[C@@H](O)COC(=O)C=C)cc2)cc1. The van der Waals surface area contributed by atoms with Crippen molar-refractivity contribution in [1.82, 2.24) is 0 Å². The molecule has 8 nitrogen and oxygen atoms in total. The first-order valence-electron chi connectivity index (χ1n) is 11.1. The third-order valence-electron chi connectivity index (χ3n) is 5.21. The van der Waals surface area contributed by atoms with Gasteiger partial charge in [0.25, 0.3) is 0 Å². The number of aliphatic hydroxyl groups excluding tert-OH is 2. The van der Waals surface area contributed by atoms with Crippen LogP contribution in [0.1, 0.15) is 25.0 Å². The van der Waals surface area contributed by atoms with Crippen molar-refractivity contribution in [3.8, 4) is 11.5 Å². The van der Waals surface area contributed by atoms with E-state index in [4.69, 9.17) is 18.9 Å². The van der Waals surface area contributed by atoms with Crippen molar-refractivity contribution in [2.45, 2.75) is 31.5 Å². The Kier molecular flexibility index (Phi) is 10.5. The molecule has 0 saturated carbocycles. The molecule has 35 heavy (non-hydrogen) atoms. The van der Waals surface area contributed by atoms with Crippen LogP contribution in [0.5, 0.6) is 11.5 Å². The zero-order valence-electron chi connectivity index (χ0n) is 20.0. The molecule has 0 fully saturated rings. The molecule has 0 bridgehead atoms. The zero-order valence-corrected chi connectivity index (χ0v) is 20.0. The first-order chi connectivity index (χ1) is 16.6. The van der Waals surface area contributed by atoms with E-state index in [0.717, 1.165) is 23.3 Å². The van der Waals surface area contributed by atoms with Gasteiger partial charge in [-0.05, 0) is 35.4 Å². The van der Waals surface area contributed by atoms with Gasteiger partial charge in [-0.15, -0.1) is 0 Å². The molecule has 0 amide bonds. The maximum Gasteiger partial charge on any atom is 0.330 e. The van der Waals surface area contributed by atoms with Gasteiger partial charge < -0.3 is 29.2 Å². The number of hydrogen-bond acceptors (Lipinski definition) is 8. The molecule has 0 aliphatic rings. The fourth-order valence-electron chi connectivity index (χ4n) is 3.06. The highest BCUT2D eigenvalue weighted by molar-refractivity contribution is 5.81. The number of aliphatic hydroxyl groups is 2. The summed E-state index contributed by atoms with van der Waals surface area (Å²) in [5.74, 6) is -0.0295. The van der Waals surface area contributed by atoms with E-state index in [0.29, 0.717) is 11.5 Å². The number of benzene rings is 2. The number of esters is 2. The van der Waals surface area contributed by atoms with Crippen LogP contribution in [0.3, 0.4) is 0 Å². The first kappa shape index (κ1) is 27.6. The van der Waals surface area contributed by atoms with Crippen LogP contribution in [0.25, 0.3) is 0 Å². The largest absolute Gasteiger partial charge is 0.491 e. The standard InChI is InChI=1S/C27H32O8/c1-5-25(30)34-17-21(28)15-32-23-11-7-19(8-12-23)27(3,4)20-9-13-24(14-10-20)33-16-22(29)18-35-26(31)6-2/h5-14,21-22,28-29H,1-2,15-18H2,3-4H3/t21-,22+. The van der Waals surface area contributed by atoms with Crippen LogP contribution in [0.4, 0.5) is 0 Å². The third kappa shape index (κ3) is 8.92. The summed E-state index contributed by atoms with van der Waals surface area (Å²) in [4.78, 5) is 22.1. The van der Waals surface area contributed by atoms with E-state index in [1.165, 1.54) is 0 Å². The van der Waals surface area contributed by atoms with Gasteiger partial charge in [0.1, 0.15) is 50.1 Å². The second-order valence-corrected chi connectivity index (χ2v) is 8.27. The highest BCUT2D eigenvalue weighted by Gasteiger charge is 2.23. The molecule has 188 valence electrons. The van der Waals surface area contributed by atoms with Gasteiger partial charge in [-0.25, -0.2) is 9.59 Å². The molecule has 0 unspecified atom stereocenters. The van der Waals surface area contributed by atoms with Crippen molar-refractivity contribution in [3.05, 3.63) is 85.0 Å². The van der Waals surface area contributed by atoms with E-state index in [-0.39, 0.29) is 31.8 Å². The van der Waals surface area contributed by atoms with Gasteiger partial charge in [0.05, 0.1) is 0 Å². The van der Waals surface area contributed by atoms with Crippen molar-refractivity contribution in [3.63, 3.8) is 0 Å². The summed E-state index contributed by atoms with van der Waals surface area (Å²) in [6.45, 7) is 10.4. The molecule has 2 rings (SSSR count). The minimum atomic E-state index is -0.945. The maximum atomic E-state index is 11.0. The average Bonchev–Trinajstić information content (AvgIpc) is 2.88. The molecule has 0 spiro atoms. The minimum absolute atomic E-state index is 0.0139. The lowest BCUT2D eigenvalue weighted by Gasteiger charge is -2.26. The van der Waals surface area contributed by atoms with E-state index in [2.05, 4.69) is 27.0 Å². The van der Waals surface area contributed by atoms with Crippen molar-refractivity contribution >= 4 is 11.9 Å². The number of carbonyl (C=O) groups excluding carboxylic acids is 2. The zero-order chi connectivity index (χ0) is 25.8. The summed E-state index contributed by atoms with van der Waals surface area (Å²) in [5.41, 5.74) is 1.80. The average molecular weight is 485 g/mol. The first-order valence-corrected chi connectivity index (χ1v) is 11.1. The summed E-state index contributed by atoms with van der Waals surface area (Å²) in [7, 11) is 0. The third-order valence-corrected chi connectivity index (χ3v) is 5.21. The van der Waals surface area contributed by atoms with Crippen LogP contribution in [0.2, 0.25) is 0 Å². The highest BCUT2D eigenvalue weighted by Crippen LogP contribution is 2.33. The number of hydrogen-bond donors (Lipinski definition) is 2. The summed E-state index contributed by atoms with van der Waals surface area (Å²) < 4.78 is 20.7. The lowest BCUT2D eigenvalue weighted by Crippen LogP contribution is -2.25. The molecule has 8 heteroatoms. The smallest absolute Gasteiger partial charge is 0.330 e. The Hall–Kier alpha value is -3.62. The van der Waals surface area contributed by atoms with E-state index in [1.807, 2.05) is 48.5 Å². The van der Waals surface area contributed by atoms with Gasteiger partial charge in [0.2, 0.25) is 0 Å². The quantitative estimate of drug-likeness (QED) is 0.311. The number of carbonyl (C=O) groups is 2. The predicted octanol–water partition coefficient (Wildman–Crippen LogP) is 2.95. The number of rotatable bonds is 14. The van der Waals surface area contributed by atoms with E-state index < -0.39 is 24.1 Å². The predicted molar refractivity (Wildman–Crippen MR) is 130 cm³/mol. The van der Waals surface area contributed by atoms with Crippen molar-refractivity contribution < 1.29 is 38.7 Å². The van der Waals surface area contributed by atoms with Crippen LogP contribution < -0.4 is 9.47 Å². The molecular formula is C27H32O8. The second-order valence-electron chi connectivity index (χ2n) is 8.27. The summed E-state index contributed by atoms with van der Waals surface area (Å²) >= 11 is 0. The van der Waals surface area contributed by atoms with Crippen LogP contribution in [-0.4, -0.2) is 60.8 Å². The Morgan fingerprint density at radius 1 is 0.743 bits per heavy atom. The molecule has 0 radical (unpaired) electrons. The lowest BCUT2D eigenvalue weighted by atomic mass is 9.78. The molecule has 2 aromatic carbocycles. The van der Waals surface area contributed by atoms with Gasteiger partial charge in [-0.2, -0.15) is 0 Å². The Labute approximate surface area is 205 Å². The van der Waals surface area contributed by atoms with Gasteiger partial charge in [-0.3, -0.25) is 0 Å². The van der Waals surface area contributed by atoms with E-state index >= 15 is 0 Å². The minimum Gasteiger partial charge on any atom is -0.491 e. The van der Waals surface area contributed by atoms with E-state index in [1.54, 1.807) is 0 Å². The molecule has 0 aliphatic heterocycles. The van der Waals surface area contributed by atoms with Crippen molar-refractivity contribution in [2.24, 2.45) is 0 Å². The monoisotopic (exact) mass is 484 g/mol. The molecule has 0 saturated heterocycles. The molecule has 2 N–H and O–H groups in total. The van der Waals surface area contributed by atoms with Crippen LogP contribution in [-0.2, 0) is 24.5 Å². The second kappa shape index (κ2) is 13.3. The molecule has 0 aromatic heterocycles. The summed E-state index contributed by atoms with van der Waals surface area (Å²) in [6.07, 6.45) is 0.176. The Morgan fingerprint density at radius 2 is 1.09 bits per heavy atom. The van der Waals surface area contributed by atoms with Gasteiger partial charge in [0, 0.05) is 17.6 Å². The van der Waals surface area contributed by atoms with E-state index in [9.17, 15) is 19.8 Å². The van der Waals surface area contributed by atoms with Gasteiger partial charge in [-0.1, -0.05) is 51.3 Å². The summed E-state index contributed by atoms with van der Waals surface area (Å²) in [5, 5.41) is 19.7. The molecular weight excluding hydrogens is 452 g/mol. The lowest BCUT2D eigenvalue weighted by molar-refractivity contribution is -0.142. The Morgan fingerprint density at radius 3 is 1.40 bits per heavy atom. The van der Waals surface area contributed by atoms with Crippen molar-refractivity contribution in [2.75, 3.05) is 26.4 Å². The number of ether oxygens (including phenoxy) is 4. The fraction of sp³-hybridized carbons (Fsp3) is 0.333. The Bertz CT molecular complexity index is 900. The maximum absolute atomic E-state index is 11.0. The van der Waals surface area contributed by atoms with Crippen molar-refractivity contribution in [1.29, 1.82) is 0 Å². The topological polar surface area (TPSA) is 112 Å². The molecule has 0 heterocycles. The molecule has 0 aliphatic carbocycles. The Balaban J connectivity index is 1.89. The van der Waals surface area contributed by atoms with Gasteiger partial charge >= 0.3 is 11.9 Å². The van der Waals surface area contributed by atoms with Gasteiger partial charge in [0.15, 0.2) is 0 Å².